The van der Waals surface area contributed by atoms with E-state index in [0.717, 1.165) is 21.5 Å². The number of rotatable bonds is 2. The first-order chi connectivity index (χ1) is 9.13. The summed E-state index contributed by atoms with van der Waals surface area (Å²) in [5.74, 6) is 1.77. The number of imidazole rings is 1. The number of aromatic nitrogens is 2. The summed E-state index contributed by atoms with van der Waals surface area (Å²) in [7, 11) is 0. The molecule has 3 rings (SSSR count). The molecule has 0 saturated heterocycles. The second kappa shape index (κ2) is 4.58. The summed E-state index contributed by atoms with van der Waals surface area (Å²) in [6, 6.07) is 3.76. The van der Waals surface area contributed by atoms with Gasteiger partial charge < -0.3 is 15.2 Å². The maximum Gasteiger partial charge on any atom is 0.231 e. The zero-order valence-corrected chi connectivity index (χ0v) is 11.7. The summed E-state index contributed by atoms with van der Waals surface area (Å²) in [5.41, 5.74) is 7.41. The Bertz CT molecular complexity index is 666. The van der Waals surface area contributed by atoms with E-state index < -0.39 is 0 Å². The van der Waals surface area contributed by atoms with Crippen LogP contribution in [0.2, 0.25) is 0 Å². The van der Waals surface area contributed by atoms with Gasteiger partial charge in [-0.3, -0.25) is 0 Å². The summed E-state index contributed by atoms with van der Waals surface area (Å²) in [6.45, 7) is 2.10. The second-order valence-electron chi connectivity index (χ2n) is 4.07. The SMILES string of the molecule is Cc1cn(N=Cc2cc(Br)c3c(c2)OCO3)c(N)n1. The van der Waals surface area contributed by atoms with E-state index in [1.165, 1.54) is 4.68 Å². The van der Waals surface area contributed by atoms with Crippen molar-refractivity contribution in [3.63, 3.8) is 0 Å². The van der Waals surface area contributed by atoms with Crippen molar-refractivity contribution in [1.29, 1.82) is 0 Å². The number of fused-ring (bicyclic) bond motifs is 1. The number of nitrogen functional groups attached to an aromatic ring is 1. The molecule has 0 spiro atoms. The zero-order valence-electron chi connectivity index (χ0n) is 10.1. The quantitative estimate of drug-likeness (QED) is 0.859. The first-order valence-corrected chi connectivity index (χ1v) is 6.38. The van der Waals surface area contributed by atoms with Crippen molar-refractivity contribution in [1.82, 2.24) is 9.66 Å². The van der Waals surface area contributed by atoms with Gasteiger partial charge in [0.25, 0.3) is 0 Å². The highest BCUT2D eigenvalue weighted by atomic mass is 79.9. The highest BCUT2D eigenvalue weighted by Gasteiger charge is 2.17. The third-order valence-corrected chi connectivity index (χ3v) is 3.20. The number of nitrogens with two attached hydrogens (primary N) is 1. The molecule has 7 heteroatoms. The summed E-state index contributed by atoms with van der Waals surface area (Å²) >= 11 is 3.43. The third kappa shape index (κ3) is 2.28. The number of halogens is 1. The minimum absolute atomic E-state index is 0.238. The predicted octanol–water partition coefficient (Wildman–Crippen LogP) is 2.15. The van der Waals surface area contributed by atoms with Crippen LogP contribution in [-0.2, 0) is 0 Å². The smallest absolute Gasteiger partial charge is 0.231 e. The molecule has 0 unspecified atom stereocenters. The van der Waals surface area contributed by atoms with Crippen molar-refractivity contribution in [2.45, 2.75) is 6.92 Å². The van der Waals surface area contributed by atoms with Gasteiger partial charge >= 0.3 is 0 Å². The zero-order chi connectivity index (χ0) is 13.4. The number of anilines is 1. The summed E-state index contributed by atoms with van der Waals surface area (Å²) in [6.07, 6.45) is 3.44. The van der Waals surface area contributed by atoms with Crippen LogP contribution in [0.1, 0.15) is 11.3 Å². The van der Waals surface area contributed by atoms with E-state index >= 15 is 0 Å². The van der Waals surface area contributed by atoms with Crippen LogP contribution in [0.25, 0.3) is 0 Å². The van der Waals surface area contributed by atoms with Gasteiger partial charge in [0.1, 0.15) is 0 Å². The van der Waals surface area contributed by atoms with Crippen molar-refractivity contribution >= 4 is 28.1 Å². The number of benzene rings is 1. The molecule has 6 nitrogen and oxygen atoms in total. The van der Waals surface area contributed by atoms with Gasteiger partial charge in [-0.15, -0.1) is 0 Å². The minimum Gasteiger partial charge on any atom is -0.454 e. The Morgan fingerprint density at radius 1 is 1.47 bits per heavy atom. The molecule has 0 aliphatic carbocycles. The summed E-state index contributed by atoms with van der Waals surface area (Å²) in [4.78, 5) is 4.07. The van der Waals surface area contributed by atoms with Gasteiger partial charge in [-0.1, -0.05) is 0 Å². The highest BCUT2D eigenvalue weighted by molar-refractivity contribution is 9.10. The average molecular weight is 323 g/mol. The van der Waals surface area contributed by atoms with E-state index in [1.54, 1.807) is 12.4 Å². The molecule has 19 heavy (non-hydrogen) atoms. The lowest BCUT2D eigenvalue weighted by Gasteiger charge is -2.01. The second-order valence-corrected chi connectivity index (χ2v) is 4.92. The van der Waals surface area contributed by atoms with Crippen molar-refractivity contribution in [2.75, 3.05) is 12.5 Å². The maximum absolute atomic E-state index is 5.71. The van der Waals surface area contributed by atoms with Crippen molar-refractivity contribution in [3.8, 4) is 11.5 Å². The molecule has 2 heterocycles. The van der Waals surface area contributed by atoms with Crippen molar-refractivity contribution in [3.05, 3.63) is 34.1 Å². The van der Waals surface area contributed by atoms with Gasteiger partial charge in [-0.05, 0) is 40.5 Å². The predicted molar refractivity (Wildman–Crippen MR) is 74.6 cm³/mol. The lowest BCUT2D eigenvalue weighted by molar-refractivity contribution is 0.173. The van der Waals surface area contributed by atoms with E-state index in [0.29, 0.717) is 11.7 Å². The Labute approximate surface area is 118 Å². The Morgan fingerprint density at radius 3 is 3.05 bits per heavy atom. The van der Waals surface area contributed by atoms with Gasteiger partial charge in [0.05, 0.1) is 22.6 Å². The van der Waals surface area contributed by atoms with Crippen LogP contribution in [0, 0.1) is 6.92 Å². The molecule has 0 radical (unpaired) electrons. The van der Waals surface area contributed by atoms with E-state index in [4.69, 9.17) is 15.2 Å². The van der Waals surface area contributed by atoms with Crippen molar-refractivity contribution in [2.24, 2.45) is 5.10 Å². The van der Waals surface area contributed by atoms with E-state index in [-0.39, 0.29) is 6.79 Å². The Morgan fingerprint density at radius 2 is 2.32 bits per heavy atom. The number of nitrogens with zero attached hydrogens (tertiary/aromatic N) is 3. The molecule has 2 aromatic rings. The molecular weight excluding hydrogens is 312 g/mol. The van der Waals surface area contributed by atoms with Crippen LogP contribution in [-0.4, -0.2) is 22.7 Å². The van der Waals surface area contributed by atoms with Crippen LogP contribution >= 0.6 is 15.9 Å². The Kier molecular flexibility index (Phi) is 2.90. The summed E-state index contributed by atoms with van der Waals surface area (Å²) < 4.78 is 13.0. The van der Waals surface area contributed by atoms with Gasteiger partial charge in [0.15, 0.2) is 11.5 Å². The molecule has 0 bridgehead atoms. The summed E-state index contributed by atoms with van der Waals surface area (Å²) in [5, 5.41) is 4.25. The van der Waals surface area contributed by atoms with Gasteiger partial charge in [0.2, 0.25) is 12.7 Å². The Balaban J connectivity index is 1.92. The normalized spacial score (nSPS) is 13.4. The minimum atomic E-state index is 0.238. The van der Waals surface area contributed by atoms with Gasteiger partial charge in [-0.25, -0.2) is 9.66 Å². The third-order valence-electron chi connectivity index (χ3n) is 2.62. The molecule has 2 N–H and O–H groups in total. The van der Waals surface area contributed by atoms with E-state index in [1.807, 2.05) is 19.1 Å². The standard InChI is InChI=1S/C12H11BrN4O2/c1-7-5-17(12(14)16-7)15-4-8-2-9(13)11-10(3-8)18-6-19-11/h2-5H,6H2,1H3,(H2,14,16). The number of ether oxygens (including phenoxy) is 2. The topological polar surface area (TPSA) is 74.7 Å². The fraction of sp³-hybridized carbons (Fsp3) is 0.167. The molecule has 98 valence electrons. The molecule has 1 aliphatic heterocycles. The lowest BCUT2D eigenvalue weighted by atomic mass is 10.2. The van der Waals surface area contributed by atoms with Gasteiger partial charge in [-0.2, -0.15) is 5.10 Å². The fourth-order valence-corrected chi connectivity index (χ4v) is 2.36. The maximum atomic E-state index is 5.71. The highest BCUT2D eigenvalue weighted by Crippen LogP contribution is 2.39. The molecule has 1 aromatic heterocycles. The monoisotopic (exact) mass is 322 g/mol. The first kappa shape index (κ1) is 12.0. The molecule has 0 atom stereocenters. The average Bonchev–Trinajstić information content (AvgIpc) is 2.93. The molecule has 1 aliphatic rings. The van der Waals surface area contributed by atoms with Gasteiger partial charge in [0, 0.05) is 0 Å². The van der Waals surface area contributed by atoms with Crippen LogP contribution in [0.5, 0.6) is 11.5 Å². The van der Waals surface area contributed by atoms with E-state index in [2.05, 4.69) is 26.0 Å². The fourth-order valence-electron chi connectivity index (χ4n) is 1.79. The molecule has 0 amide bonds. The van der Waals surface area contributed by atoms with Crippen LogP contribution in [0.4, 0.5) is 5.95 Å². The molecule has 1 aromatic carbocycles. The largest absolute Gasteiger partial charge is 0.454 e. The van der Waals surface area contributed by atoms with Crippen LogP contribution in [0.3, 0.4) is 0 Å². The van der Waals surface area contributed by atoms with Crippen LogP contribution in [0.15, 0.2) is 27.9 Å². The molecule has 0 fully saturated rings. The molecule has 0 saturated carbocycles. The van der Waals surface area contributed by atoms with Crippen LogP contribution < -0.4 is 15.2 Å². The number of hydrogen-bond donors (Lipinski definition) is 1. The number of hydrogen-bond acceptors (Lipinski definition) is 5. The lowest BCUT2D eigenvalue weighted by Crippen LogP contribution is -1.97. The first-order valence-electron chi connectivity index (χ1n) is 5.58. The number of aryl methyl sites for hydroxylation is 1. The molecular formula is C12H11BrN4O2. The van der Waals surface area contributed by atoms with E-state index in [9.17, 15) is 0 Å². The van der Waals surface area contributed by atoms with Crippen molar-refractivity contribution < 1.29 is 9.47 Å². The Hall–Kier alpha value is -2.02.